The minimum Gasteiger partial charge on any atom is -0.462 e. The number of hydrogen-bond acceptors (Lipinski definition) is 20. The highest BCUT2D eigenvalue weighted by Gasteiger charge is 2.49. The van der Waals surface area contributed by atoms with E-state index in [1.807, 2.05) is 43.6 Å². The second-order valence-electron chi connectivity index (χ2n) is 18.0. The topological polar surface area (TPSA) is 373 Å². The molecule has 2 amide bonds. The first-order chi connectivity index (χ1) is 32.0. The molecule has 19 atom stereocenters. The zero-order chi connectivity index (χ0) is 51.3. The van der Waals surface area contributed by atoms with Gasteiger partial charge in [-0.05, 0) is 47.0 Å². The molecule has 0 aliphatic carbocycles. The van der Waals surface area contributed by atoms with Gasteiger partial charge >= 0.3 is 12.0 Å². The van der Waals surface area contributed by atoms with Crippen molar-refractivity contribution >= 4 is 12.0 Å². The minimum atomic E-state index is -2.32. The number of ether oxygens (including phenoxy) is 4. The number of nitrogens with two attached hydrogens (primary N) is 1. The van der Waals surface area contributed by atoms with Gasteiger partial charge in [-0.15, -0.1) is 0 Å². The van der Waals surface area contributed by atoms with Crippen molar-refractivity contribution < 1.29 is 94.7 Å². The van der Waals surface area contributed by atoms with Crippen LogP contribution >= 0.6 is 0 Å². The number of hydrogen-bond donors (Lipinski definition) is 15. The third-order valence-corrected chi connectivity index (χ3v) is 12.1. The third kappa shape index (κ3) is 20.8. The van der Waals surface area contributed by atoms with Crippen LogP contribution in [0.5, 0.6) is 0 Å². The van der Waals surface area contributed by atoms with Gasteiger partial charge in [-0.3, -0.25) is 9.63 Å². The van der Waals surface area contributed by atoms with Crippen molar-refractivity contribution in [3.8, 4) is 0 Å². The number of carbonyl (C=O) groups is 2. The average Bonchev–Trinajstić information content (AvgIpc) is 3.27. The smallest absolute Gasteiger partial charge is 0.339 e. The van der Waals surface area contributed by atoms with Crippen LogP contribution < -0.4 is 16.5 Å². The summed E-state index contributed by atoms with van der Waals surface area (Å²) in [6.07, 6.45) is -7.86. The third-order valence-electron chi connectivity index (χ3n) is 12.1. The lowest BCUT2D eigenvalue weighted by molar-refractivity contribution is -0.303. The van der Waals surface area contributed by atoms with Crippen LogP contribution in [0.25, 0.3) is 0 Å². The van der Waals surface area contributed by atoms with E-state index in [1.54, 1.807) is 39.0 Å². The highest BCUT2D eigenvalue weighted by molar-refractivity contribution is 5.73. The summed E-state index contributed by atoms with van der Waals surface area (Å²) in [4.78, 5) is 30.4. The predicted molar refractivity (Wildman–Crippen MR) is 244 cm³/mol. The Morgan fingerprint density at radius 2 is 1.49 bits per heavy atom. The number of aliphatic hydroxyl groups excluding tert-OH is 11. The van der Waals surface area contributed by atoms with Gasteiger partial charge in [-0.2, -0.15) is 0 Å². The summed E-state index contributed by atoms with van der Waals surface area (Å²) in [6.45, 7) is 9.07. The van der Waals surface area contributed by atoms with Crippen LogP contribution in [0.1, 0.15) is 92.9 Å². The molecule has 394 valence electrons. The standard InChI is InChI=1S/C46H81N3O19/c1-7-9-11-13-25(3)41(59)26(4)27(5)64-38(58)19-30(53)17-29(52)15-16-34(55)35(56)18-31(54)21-46(63)22-36(57)40(48-45(62)49-68-33(23-50)24-51)37(67-46)20-32(14-12-10-8-2)66-44-43(61)39(47)42(60)28(6)65-44/h7-14,25-37,39-44,50-57,59-61,63H,15-24,47H2,1-6H3,(H2,48,49,62)/b9-7+,10-8+,13-11+,14-12+/t25-,26-,27-,28+,29+,30+,31-,32-,34+,35+,36-,37-,39-,40+,41+,42+,43-,44-,46+/m0/s1. The second-order valence-corrected chi connectivity index (χ2v) is 18.0. The van der Waals surface area contributed by atoms with Gasteiger partial charge in [0.2, 0.25) is 0 Å². The fourth-order valence-corrected chi connectivity index (χ4v) is 7.87. The quantitative estimate of drug-likeness (QED) is 0.0226. The Morgan fingerprint density at radius 3 is 2.10 bits per heavy atom. The summed E-state index contributed by atoms with van der Waals surface area (Å²) in [5, 5.41) is 130. The molecule has 16 N–H and O–H groups in total. The summed E-state index contributed by atoms with van der Waals surface area (Å²) in [7, 11) is 0. The highest BCUT2D eigenvalue weighted by atomic mass is 16.7. The number of esters is 1. The lowest BCUT2D eigenvalue weighted by Crippen LogP contribution is -2.64. The molecule has 2 aliphatic heterocycles. The van der Waals surface area contributed by atoms with Crippen molar-refractivity contribution in [3.05, 3.63) is 48.6 Å². The molecule has 0 aromatic carbocycles. The molecular weight excluding hydrogens is 899 g/mol. The number of rotatable bonds is 29. The summed E-state index contributed by atoms with van der Waals surface area (Å²) in [5.41, 5.74) is 8.01. The number of hydroxylamine groups is 1. The Morgan fingerprint density at radius 1 is 0.853 bits per heavy atom. The molecule has 0 aromatic heterocycles. The van der Waals surface area contributed by atoms with Gasteiger partial charge < -0.3 is 91.3 Å². The van der Waals surface area contributed by atoms with Gasteiger partial charge in [0.25, 0.3) is 0 Å². The first-order valence-electron chi connectivity index (χ1n) is 23.3. The summed E-state index contributed by atoms with van der Waals surface area (Å²) >= 11 is 0. The molecule has 2 aliphatic rings. The maximum absolute atomic E-state index is 12.9. The van der Waals surface area contributed by atoms with E-state index in [0.717, 1.165) is 0 Å². The average molecular weight is 980 g/mol. The molecule has 2 fully saturated rings. The molecule has 22 heteroatoms. The molecule has 0 saturated carbocycles. The van der Waals surface area contributed by atoms with Crippen LogP contribution in [-0.4, -0.2) is 196 Å². The van der Waals surface area contributed by atoms with E-state index < -0.39 is 166 Å². The van der Waals surface area contributed by atoms with Gasteiger partial charge in [0.05, 0.1) is 98.9 Å². The van der Waals surface area contributed by atoms with Crippen LogP contribution in [0.4, 0.5) is 4.79 Å². The van der Waals surface area contributed by atoms with Crippen LogP contribution in [0.15, 0.2) is 48.6 Å². The Labute approximate surface area is 398 Å². The van der Waals surface area contributed by atoms with E-state index in [1.165, 1.54) is 13.0 Å². The van der Waals surface area contributed by atoms with Crippen LogP contribution in [0.3, 0.4) is 0 Å². The molecule has 2 rings (SSSR count). The number of nitrogens with one attached hydrogen (secondary N) is 2. The molecule has 0 spiro atoms. The van der Waals surface area contributed by atoms with E-state index in [4.69, 9.17) is 29.5 Å². The first kappa shape index (κ1) is 61.1. The van der Waals surface area contributed by atoms with E-state index in [9.17, 15) is 70.9 Å². The van der Waals surface area contributed by atoms with Crippen LogP contribution in [0, 0.1) is 11.8 Å². The van der Waals surface area contributed by atoms with E-state index in [2.05, 4.69) is 5.32 Å². The van der Waals surface area contributed by atoms with Gasteiger partial charge in [-0.1, -0.05) is 62.5 Å². The van der Waals surface area contributed by atoms with Gasteiger partial charge in [0.15, 0.2) is 12.1 Å². The van der Waals surface area contributed by atoms with E-state index in [-0.39, 0.29) is 31.6 Å². The second kappa shape index (κ2) is 30.7. The molecule has 0 radical (unpaired) electrons. The SMILES string of the molecule is C/C=C/C=C/[C@@H](C[C@@H]1O[C@](O)(C[C@@H](O)C[C@@H](O)[C@H](O)CC[C@@H](O)C[C@@H](O)CC(=O)O[C@@H](C)[C@H](C)[C@H](O)[C@@H](C)/C=C/C=C/C)C[C@H](O)[C@H]1NC(=O)NOC(CO)CO)O[C@@H]1O[C@H](C)[C@@H](O)[C@H](N)[C@@H]1O. The number of amides is 2. The Bertz CT molecular complexity index is 1570. The molecular formula is C46H81N3O19. The number of allylic oxidation sites excluding steroid dienone is 6. The minimum absolute atomic E-state index is 0.118. The van der Waals surface area contributed by atoms with E-state index in [0.29, 0.717) is 0 Å². The summed E-state index contributed by atoms with van der Waals surface area (Å²) in [5.74, 6) is -3.69. The first-order valence-corrected chi connectivity index (χ1v) is 23.3. The van der Waals surface area contributed by atoms with Crippen molar-refractivity contribution in [2.75, 3.05) is 13.2 Å². The number of carbonyl (C=O) groups excluding carboxylic acids is 2. The monoisotopic (exact) mass is 980 g/mol. The highest BCUT2D eigenvalue weighted by Crippen LogP contribution is 2.35. The van der Waals surface area contributed by atoms with Crippen LogP contribution in [0.2, 0.25) is 0 Å². The molecule has 2 saturated heterocycles. The van der Waals surface area contributed by atoms with Gasteiger partial charge in [-0.25, -0.2) is 10.3 Å². The molecule has 68 heavy (non-hydrogen) atoms. The number of aliphatic hydroxyl groups is 12. The van der Waals surface area contributed by atoms with E-state index >= 15 is 0 Å². The summed E-state index contributed by atoms with van der Waals surface area (Å²) < 4.78 is 23.3. The predicted octanol–water partition coefficient (Wildman–Crippen LogP) is -1.68. The normalized spacial score (nSPS) is 30.5. The van der Waals surface area contributed by atoms with Crippen molar-refractivity contribution in [2.45, 2.75) is 203 Å². The summed E-state index contributed by atoms with van der Waals surface area (Å²) in [6, 6.07) is -3.50. The molecule has 2 heterocycles. The molecule has 0 unspecified atom stereocenters. The van der Waals surface area contributed by atoms with Crippen molar-refractivity contribution in [2.24, 2.45) is 17.6 Å². The van der Waals surface area contributed by atoms with Gasteiger partial charge in [0, 0.05) is 37.5 Å². The lowest BCUT2D eigenvalue weighted by atomic mass is 9.87. The fraction of sp³-hybridized carbons (Fsp3) is 0.783. The van der Waals surface area contributed by atoms with Crippen molar-refractivity contribution in [1.29, 1.82) is 0 Å². The number of urea groups is 1. The maximum atomic E-state index is 12.9. The maximum Gasteiger partial charge on any atom is 0.339 e. The zero-order valence-electron chi connectivity index (χ0n) is 40.0. The van der Waals surface area contributed by atoms with Gasteiger partial charge in [0.1, 0.15) is 18.3 Å². The largest absolute Gasteiger partial charge is 0.462 e. The Kier molecular flexibility index (Phi) is 27.6. The molecule has 22 nitrogen and oxygen atoms in total. The van der Waals surface area contributed by atoms with Crippen molar-refractivity contribution in [3.63, 3.8) is 0 Å². The lowest BCUT2D eigenvalue weighted by Gasteiger charge is -2.46. The Balaban J connectivity index is 2.08. The Hall–Kier alpha value is -2.98. The molecule has 0 aromatic rings. The van der Waals surface area contributed by atoms with Crippen molar-refractivity contribution in [1.82, 2.24) is 10.8 Å². The molecule has 0 bridgehead atoms. The van der Waals surface area contributed by atoms with Crippen LogP contribution in [-0.2, 0) is 28.6 Å². The fourth-order valence-electron chi connectivity index (χ4n) is 7.87. The zero-order valence-corrected chi connectivity index (χ0v) is 40.0.